The van der Waals surface area contributed by atoms with Gasteiger partial charge in [0.15, 0.2) is 0 Å². The normalized spacial score (nSPS) is 15.5. The molecule has 2 aromatic rings. The number of benzene rings is 2. The molecule has 20 heteroatoms. The van der Waals surface area contributed by atoms with Gasteiger partial charge in [-0.05, 0) is 18.1 Å². The summed E-state index contributed by atoms with van der Waals surface area (Å²) in [7, 11) is -11.7. The van der Waals surface area contributed by atoms with Gasteiger partial charge in [0.2, 0.25) is 17.7 Å². The van der Waals surface area contributed by atoms with E-state index in [1.165, 1.54) is 6.92 Å². The molecule has 0 heterocycles. The van der Waals surface area contributed by atoms with Gasteiger partial charge in [0.25, 0.3) is 0 Å². The van der Waals surface area contributed by atoms with Crippen molar-refractivity contribution in [2.24, 2.45) is 11.5 Å². The molecule has 3 amide bonds. The molecular formula is C24H30F4N4O10P2. The number of primary amides is 1. The first-order chi connectivity index (χ1) is 20.0. The molecule has 11 N–H and O–H groups in total. The SMILES string of the molecule is CC(O)C(N)C(=O)NC(Cc1ccc(C(F)(F)P(=O)(O)O)cc1)C(=O)NC(Cc1ccc(C(F)(F)P(=O)(O)O)cc1)C(N)=O. The summed E-state index contributed by atoms with van der Waals surface area (Å²) in [6.45, 7) is 1.18. The Bertz CT molecular complexity index is 1450. The first-order valence-corrected chi connectivity index (χ1v) is 15.6. The summed E-state index contributed by atoms with van der Waals surface area (Å²) >= 11 is 0. The van der Waals surface area contributed by atoms with Crippen LogP contribution in [0.25, 0.3) is 0 Å². The number of carbonyl (C=O) groups is 3. The minimum Gasteiger partial charge on any atom is -0.391 e. The third kappa shape index (κ3) is 8.92. The van der Waals surface area contributed by atoms with Crippen LogP contribution in [0.2, 0.25) is 0 Å². The molecule has 244 valence electrons. The van der Waals surface area contributed by atoms with E-state index in [9.17, 15) is 46.2 Å². The van der Waals surface area contributed by atoms with Gasteiger partial charge in [-0.15, -0.1) is 0 Å². The van der Waals surface area contributed by atoms with Crippen LogP contribution in [0.3, 0.4) is 0 Å². The number of halogens is 4. The van der Waals surface area contributed by atoms with Crippen LogP contribution < -0.4 is 22.1 Å². The standard InChI is InChI=1S/C24H30F4N4O10P2/c1-12(33)19(29)22(36)32-18(11-14-4-8-16(9-5-14)24(27,28)44(40,41)42)21(35)31-17(20(30)34)10-13-2-6-15(7-3-13)23(25,26)43(37,38)39/h2-9,12,17-19,33H,10-11,29H2,1H3,(H2,30,34)(H,31,35)(H,32,36)(H2,37,38,39)(H2,40,41,42). The molecule has 14 nitrogen and oxygen atoms in total. The minimum absolute atomic E-state index is 0.0959. The molecule has 0 radical (unpaired) electrons. The number of hydrogen-bond donors (Lipinski definition) is 9. The van der Waals surface area contributed by atoms with Gasteiger partial charge >= 0.3 is 26.5 Å². The van der Waals surface area contributed by atoms with Gasteiger partial charge in [-0.2, -0.15) is 17.6 Å². The predicted octanol–water partition coefficient (Wildman–Crippen LogP) is 0.0888. The zero-order valence-corrected chi connectivity index (χ0v) is 24.5. The summed E-state index contributed by atoms with van der Waals surface area (Å²) in [4.78, 5) is 73.4. The number of aliphatic hydroxyl groups is 1. The number of alkyl halides is 4. The van der Waals surface area contributed by atoms with E-state index >= 15 is 0 Å². The summed E-state index contributed by atoms with van der Waals surface area (Å²) < 4.78 is 78.2. The van der Waals surface area contributed by atoms with Crippen molar-refractivity contribution in [3.05, 3.63) is 70.8 Å². The fraction of sp³-hybridized carbons (Fsp3) is 0.375. The molecule has 0 saturated heterocycles. The Morgan fingerprint density at radius 1 is 0.750 bits per heavy atom. The monoisotopic (exact) mass is 672 g/mol. The third-order valence-corrected chi connectivity index (χ3v) is 8.31. The van der Waals surface area contributed by atoms with E-state index in [1.807, 2.05) is 0 Å². The first-order valence-electron chi connectivity index (χ1n) is 12.4. The van der Waals surface area contributed by atoms with Crippen LogP contribution in [-0.4, -0.2) is 66.6 Å². The van der Waals surface area contributed by atoms with E-state index < -0.39 is 92.4 Å². The van der Waals surface area contributed by atoms with Gasteiger partial charge in [-0.1, -0.05) is 48.5 Å². The minimum atomic E-state index is -5.87. The highest BCUT2D eigenvalue weighted by molar-refractivity contribution is 7.52. The van der Waals surface area contributed by atoms with Crippen molar-refractivity contribution in [1.82, 2.24) is 10.6 Å². The Morgan fingerprint density at radius 3 is 1.41 bits per heavy atom. The molecule has 0 aromatic heterocycles. The lowest BCUT2D eigenvalue weighted by Gasteiger charge is -2.24. The molecule has 0 fully saturated rings. The maximum atomic E-state index is 14.0. The fourth-order valence-electron chi connectivity index (χ4n) is 3.68. The van der Waals surface area contributed by atoms with Crippen LogP contribution in [0.4, 0.5) is 17.6 Å². The topological polar surface area (TPSA) is 263 Å². The Kier molecular flexibility index (Phi) is 11.6. The Morgan fingerprint density at radius 2 is 1.09 bits per heavy atom. The second-order valence-corrected chi connectivity index (χ2v) is 13.1. The maximum Gasteiger partial charge on any atom is 0.399 e. The van der Waals surface area contributed by atoms with E-state index in [4.69, 9.17) is 31.0 Å². The molecular weight excluding hydrogens is 642 g/mol. The lowest BCUT2D eigenvalue weighted by molar-refractivity contribution is -0.132. The fourth-order valence-corrected chi connectivity index (χ4v) is 4.65. The summed E-state index contributed by atoms with van der Waals surface area (Å²) in [6, 6.07) is 2.19. The molecule has 0 aliphatic rings. The molecule has 0 spiro atoms. The second-order valence-electron chi connectivity index (χ2n) is 9.76. The molecule has 0 saturated carbocycles. The highest BCUT2D eigenvalue weighted by Crippen LogP contribution is 2.60. The molecule has 44 heavy (non-hydrogen) atoms. The van der Waals surface area contributed by atoms with Crippen molar-refractivity contribution in [1.29, 1.82) is 0 Å². The zero-order valence-electron chi connectivity index (χ0n) is 22.7. The number of nitrogens with two attached hydrogens (primary N) is 2. The lowest BCUT2D eigenvalue weighted by Crippen LogP contribution is -2.57. The van der Waals surface area contributed by atoms with Crippen LogP contribution in [0.5, 0.6) is 0 Å². The zero-order chi connectivity index (χ0) is 33.8. The molecule has 4 atom stereocenters. The van der Waals surface area contributed by atoms with E-state index in [-0.39, 0.29) is 11.1 Å². The Labute approximate surface area is 247 Å². The van der Waals surface area contributed by atoms with Crippen molar-refractivity contribution in [3.8, 4) is 0 Å². The summed E-state index contributed by atoms with van der Waals surface area (Å²) in [5.74, 6) is -3.20. The molecule has 2 rings (SSSR count). The molecule has 0 aliphatic carbocycles. The highest BCUT2D eigenvalue weighted by Gasteiger charge is 2.51. The largest absolute Gasteiger partial charge is 0.399 e. The number of hydrogen-bond acceptors (Lipinski definition) is 7. The van der Waals surface area contributed by atoms with Crippen LogP contribution in [0, 0.1) is 0 Å². The van der Waals surface area contributed by atoms with Crippen molar-refractivity contribution in [2.45, 2.75) is 55.3 Å². The lowest BCUT2D eigenvalue weighted by atomic mass is 10.0. The molecule has 2 aromatic carbocycles. The maximum absolute atomic E-state index is 14.0. The van der Waals surface area contributed by atoms with Gasteiger partial charge < -0.3 is 46.8 Å². The van der Waals surface area contributed by atoms with Crippen molar-refractivity contribution < 1.29 is 65.8 Å². The van der Waals surface area contributed by atoms with Gasteiger partial charge in [-0.25, -0.2) is 0 Å². The number of rotatable bonds is 14. The number of amides is 3. The Hall–Kier alpha value is -3.21. The van der Waals surface area contributed by atoms with Crippen LogP contribution >= 0.6 is 15.2 Å². The summed E-state index contributed by atoms with van der Waals surface area (Å²) in [5.41, 5.74) is 0.134. The van der Waals surface area contributed by atoms with Gasteiger partial charge in [0.05, 0.1) is 6.10 Å². The van der Waals surface area contributed by atoms with E-state index in [0.29, 0.717) is 24.3 Å². The predicted molar refractivity (Wildman–Crippen MR) is 145 cm³/mol. The van der Waals surface area contributed by atoms with Crippen LogP contribution in [0.1, 0.15) is 29.2 Å². The van der Waals surface area contributed by atoms with E-state index in [2.05, 4.69) is 10.6 Å². The highest BCUT2D eigenvalue weighted by atomic mass is 31.2. The second kappa shape index (κ2) is 13.8. The summed E-state index contributed by atoms with van der Waals surface area (Å²) in [5, 5.41) is 14.1. The number of nitrogens with one attached hydrogen (secondary N) is 2. The van der Waals surface area contributed by atoms with Crippen molar-refractivity contribution >= 4 is 32.9 Å². The van der Waals surface area contributed by atoms with Crippen LogP contribution in [0.15, 0.2) is 48.5 Å². The van der Waals surface area contributed by atoms with Crippen molar-refractivity contribution in [2.75, 3.05) is 0 Å². The number of carbonyl (C=O) groups excluding carboxylic acids is 3. The first kappa shape index (κ1) is 37.0. The third-order valence-electron chi connectivity index (χ3n) is 6.33. The van der Waals surface area contributed by atoms with E-state index in [0.717, 1.165) is 24.3 Å². The summed E-state index contributed by atoms with van der Waals surface area (Å²) in [6.07, 6.45) is -2.21. The number of aliphatic hydroxyl groups excluding tert-OH is 1. The van der Waals surface area contributed by atoms with Gasteiger partial charge in [0.1, 0.15) is 18.1 Å². The van der Waals surface area contributed by atoms with E-state index in [1.54, 1.807) is 0 Å². The molecule has 0 aliphatic heterocycles. The van der Waals surface area contributed by atoms with Gasteiger partial charge in [-0.3, -0.25) is 23.5 Å². The van der Waals surface area contributed by atoms with Crippen molar-refractivity contribution in [3.63, 3.8) is 0 Å². The van der Waals surface area contributed by atoms with Crippen LogP contribution in [-0.2, 0) is 47.7 Å². The molecule has 0 bridgehead atoms. The quantitative estimate of drug-likeness (QED) is 0.0959. The van der Waals surface area contributed by atoms with Gasteiger partial charge in [0, 0.05) is 24.0 Å². The average molecular weight is 672 g/mol. The average Bonchev–Trinajstić information content (AvgIpc) is 2.90. The Balaban J connectivity index is 2.32. The smallest absolute Gasteiger partial charge is 0.391 e. The molecule has 4 unspecified atom stereocenters.